The van der Waals surface area contributed by atoms with E-state index in [2.05, 4.69) is 28.1 Å². The molecule has 34 heavy (non-hydrogen) atoms. The van der Waals surface area contributed by atoms with Gasteiger partial charge >= 0.3 is 0 Å². The monoisotopic (exact) mass is 471 g/mol. The van der Waals surface area contributed by atoms with Gasteiger partial charge in [-0.25, -0.2) is 4.98 Å². The summed E-state index contributed by atoms with van der Waals surface area (Å²) in [5.41, 5.74) is 9.08. The van der Waals surface area contributed by atoms with Gasteiger partial charge in [-0.1, -0.05) is 65.9 Å². The third-order valence-corrected chi connectivity index (χ3v) is 7.60. The molecule has 4 aromatic rings. The number of benzene rings is 3. The number of primary amides is 1. The van der Waals surface area contributed by atoms with Crippen LogP contribution in [0.4, 0.5) is 0 Å². The summed E-state index contributed by atoms with van der Waals surface area (Å²) >= 11 is 1.56. The van der Waals surface area contributed by atoms with E-state index in [4.69, 9.17) is 10.5 Å². The lowest BCUT2D eigenvalue weighted by Gasteiger charge is -2.35. The SMILES string of the molecule is NC(=O)C(c1ccccc1)C1CCN(CCc2ccc(Oc3nc4ccccc4s3)cc2)CC1. The smallest absolute Gasteiger partial charge is 0.279 e. The lowest BCUT2D eigenvalue weighted by molar-refractivity contribution is -0.121. The van der Waals surface area contributed by atoms with Crippen LogP contribution in [0, 0.1) is 5.92 Å². The quantitative estimate of drug-likeness (QED) is 0.363. The fraction of sp³-hybridized carbons (Fsp3) is 0.286. The van der Waals surface area contributed by atoms with Crippen molar-refractivity contribution in [2.75, 3.05) is 19.6 Å². The van der Waals surface area contributed by atoms with Crippen LogP contribution in [0.25, 0.3) is 10.2 Å². The lowest BCUT2D eigenvalue weighted by Crippen LogP contribution is -2.39. The van der Waals surface area contributed by atoms with Crippen LogP contribution in [0.3, 0.4) is 0 Å². The number of hydrogen-bond donors (Lipinski definition) is 1. The average molecular weight is 472 g/mol. The standard InChI is InChI=1S/C28H29N3O2S/c29-27(32)26(21-6-2-1-3-7-21)22-15-18-31(19-16-22)17-14-20-10-12-23(13-11-20)33-28-30-24-8-4-5-9-25(24)34-28/h1-13,22,26H,14-19H2,(H2,29,32). The Bertz CT molecular complexity index is 1200. The highest BCUT2D eigenvalue weighted by molar-refractivity contribution is 7.20. The van der Waals surface area contributed by atoms with E-state index in [9.17, 15) is 4.79 Å². The van der Waals surface area contributed by atoms with Gasteiger partial charge in [-0.3, -0.25) is 4.79 Å². The Morgan fingerprint density at radius 1 is 1.00 bits per heavy atom. The van der Waals surface area contributed by atoms with Crippen molar-refractivity contribution in [3.05, 3.63) is 90.0 Å². The first-order chi connectivity index (χ1) is 16.7. The lowest BCUT2D eigenvalue weighted by atomic mass is 9.79. The summed E-state index contributed by atoms with van der Waals surface area (Å²) in [6, 6.07) is 26.3. The molecule has 5 nitrogen and oxygen atoms in total. The van der Waals surface area contributed by atoms with Gasteiger partial charge in [-0.2, -0.15) is 0 Å². The van der Waals surface area contributed by atoms with Crippen LogP contribution in [0.1, 0.15) is 29.9 Å². The van der Waals surface area contributed by atoms with Crippen LogP contribution >= 0.6 is 11.3 Å². The largest absolute Gasteiger partial charge is 0.431 e. The van der Waals surface area contributed by atoms with Crippen molar-refractivity contribution in [2.24, 2.45) is 11.7 Å². The van der Waals surface area contributed by atoms with Gasteiger partial charge in [-0.15, -0.1) is 0 Å². The van der Waals surface area contributed by atoms with E-state index in [1.54, 1.807) is 11.3 Å². The maximum absolute atomic E-state index is 12.2. The molecule has 0 saturated carbocycles. The summed E-state index contributed by atoms with van der Waals surface area (Å²) in [4.78, 5) is 19.2. The number of rotatable bonds is 8. The Hall–Kier alpha value is -3.22. The van der Waals surface area contributed by atoms with Crippen molar-refractivity contribution < 1.29 is 9.53 Å². The van der Waals surface area contributed by atoms with Gasteiger partial charge in [0.2, 0.25) is 5.91 Å². The summed E-state index contributed by atoms with van der Waals surface area (Å²) in [7, 11) is 0. The van der Waals surface area contributed by atoms with E-state index in [1.807, 2.05) is 60.7 Å². The van der Waals surface area contributed by atoms with Gasteiger partial charge < -0.3 is 15.4 Å². The number of fused-ring (bicyclic) bond motifs is 1. The van der Waals surface area contributed by atoms with E-state index in [0.717, 1.165) is 60.4 Å². The van der Waals surface area contributed by atoms with Crippen molar-refractivity contribution >= 4 is 27.5 Å². The number of aromatic nitrogens is 1. The normalized spacial score (nSPS) is 15.9. The van der Waals surface area contributed by atoms with Crippen molar-refractivity contribution in [1.29, 1.82) is 0 Å². The highest BCUT2D eigenvalue weighted by Crippen LogP contribution is 2.33. The molecule has 2 heterocycles. The maximum atomic E-state index is 12.2. The molecule has 1 aliphatic heterocycles. The minimum absolute atomic E-state index is 0.189. The van der Waals surface area contributed by atoms with Crippen LogP contribution < -0.4 is 10.5 Å². The van der Waals surface area contributed by atoms with Crippen LogP contribution in [0.5, 0.6) is 10.9 Å². The number of carbonyl (C=O) groups is 1. The fourth-order valence-electron chi connectivity index (χ4n) is 4.85. The molecule has 0 bridgehead atoms. The van der Waals surface area contributed by atoms with Gasteiger partial charge in [0.25, 0.3) is 5.19 Å². The second-order valence-corrected chi connectivity index (χ2v) is 9.91. The van der Waals surface area contributed by atoms with Crippen molar-refractivity contribution in [1.82, 2.24) is 9.88 Å². The maximum Gasteiger partial charge on any atom is 0.279 e. The van der Waals surface area contributed by atoms with Gasteiger partial charge in [-0.05, 0) is 73.7 Å². The zero-order chi connectivity index (χ0) is 23.3. The van der Waals surface area contributed by atoms with Crippen molar-refractivity contribution in [2.45, 2.75) is 25.2 Å². The molecular weight excluding hydrogens is 442 g/mol. The van der Waals surface area contributed by atoms with E-state index in [1.165, 1.54) is 5.56 Å². The molecule has 3 aromatic carbocycles. The molecule has 1 fully saturated rings. The number of para-hydroxylation sites is 1. The number of likely N-dealkylation sites (tertiary alicyclic amines) is 1. The van der Waals surface area contributed by atoms with Crippen LogP contribution in [0.2, 0.25) is 0 Å². The molecule has 1 unspecified atom stereocenters. The Kier molecular flexibility index (Phi) is 6.88. The van der Waals surface area contributed by atoms with Crippen molar-refractivity contribution in [3.8, 4) is 10.9 Å². The summed E-state index contributed by atoms with van der Waals surface area (Å²) < 4.78 is 7.09. The average Bonchev–Trinajstić information content (AvgIpc) is 3.27. The predicted octanol–water partition coefficient (Wildman–Crippen LogP) is 5.61. The molecule has 174 valence electrons. The van der Waals surface area contributed by atoms with E-state index in [0.29, 0.717) is 11.1 Å². The Morgan fingerprint density at radius 3 is 2.41 bits per heavy atom. The van der Waals surface area contributed by atoms with E-state index in [-0.39, 0.29) is 11.8 Å². The first-order valence-corrected chi connectivity index (χ1v) is 12.7. The first-order valence-electron chi connectivity index (χ1n) is 11.8. The summed E-state index contributed by atoms with van der Waals surface area (Å²) in [6.07, 6.45) is 2.99. The Morgan fingerprint density at radius 2 is 1.71 bits per heavy atom. The van der Waals surface area contributed by atoms with Gasteiger partial charge in [0.15, 0.2) is 0 Å². The number of hydrogen-bond acceptors (Lipinski definition) is 5. The molecule has 0 aliphatic carbocycles. The molecule has 1 aromatic heterocycles. The van der Waals surface area contributed by atoms with E-state index < -0.39 is 0 Å². The zero-order valence-corrected chi connectivity index (χ0v) is 19.9. The number of nitrogens with zero attached hydrogens (tertiary/aromatic N) is 2. The number of ether oxygens (including phenoxy) is 1. The fourth-order valence-corrected chi connectivity index (χ4v) is 5.68. The predicted molar refractivity (Wildman–Crippen MR) is 137 cm³/mol. The first kappa shape index (κ1) is 22.6. The number of carbonyl (C=O) groups excluding carboxylic acids is 1. The third-order valence-electron chi connectivity index (χ3n) is 6.69. The molecular formula is C28H29N3O2S. The van der Waals surface area contributed by atoms with Crippen molar-refractivity contribution in [3.63, 3.8) is 0 Å². The number of amides is 1. The van der Waals surface area contributed by atoms with Crippen LogP contribution in [-0.4, -0.2) is 35.4 Å². The second kappa shape index (κ2) is 10.4. The van der Waals surface area contributed by atoms with Gasteiger partial charge in [0, 0.05) is 6.54 Å². The minimum Gasteiger partial charge on any atom is -0.431 e. The molecule has 1 atom stereocenters. The molecule has 1 saturated heterocycles. The molecule has 5 rings (SSSR count). The molecule has 1 aliphatic rings. The summed E-state index contributed by atoms with van der Waals surface area (Å²) in [5, 5.41) is 0.668. The minimum atomic E-state index is -0.210. The molecule has 6 heteroatoms. The third kappa shape index (κ3) is 5.29. The number of piperidine rings is 1. The summed E-state index contributed by atoms with van der Waals surface area (Å²) in [6.45, 7) is 3.01. The van der Waals surface area contributed by atoms with Crippen LogP contribution in [0.15, 0.2) is 78.9 Å². The molecule has 0 spiro atoms. The zero-order valence-electron chi connectivity index (χ0n) is 19.1. The molecule has 0 radical (unpaired) electrons. The molecule has 1 amide bonds. The van der Waals surface area contributed by atoms with Gasteiger partial charge in [0.05, 0.1) is 16.1 Å². The van der Waals surface area contributed by atoms with Gasteiger partial charge in [0.1, 0.15) is 5.75 Å². The molecule has 2 N–H and O–H groups in total. The second-order valence-electron chi connectivity index (χ2n) is 8.91. The Balaban J connectivity index is 1.11. The number of thiazole rings is 1. The Labute approximate surface area is 204 Å². The highest BCUT2D eigenvalue weighted by Gasteiger charge is 2.31. The highest BCUT2D eigenvalue weighted by atomic mass is 32.1. The summed E-state index contributed by atoms with van der Waals surface area (Å²) in [5.74, 6) is 0.723. The van der Waals surface area contributed by atoms with E-state index >= 15 is 0 Å². The topological polar surface area (TPSA) is 68.5 Å². The van der Waals surface area contributed by atoms with Crippen LogP contribution in [-0.2, 0) is 11.2 Å². The number of nitrogens with two attached hydrogens (primary N) is 1.